The number of carboxylic acids is 2. The van der Waals surface area contributed by atoms with Crippen LogP contribution >= 0.6 is 0 Å². The smallest absolute Gasteiger partial charge is 0.326 e. The molecular weight excluding hydrogens is 945 g/mol. The van der Waals surface area contributed by atoms with Crippen molar-refractivity contribution in [1.82, 2.24) is 47.4 Å². The van der Waals surface area contributed by atoms with E-state index >= 15 is 0 Å². The van der Waals surface area contributed by atoms with Crippen LogP contribution < -0.4 is 59.7 Å². The molecule has 400 valence electrons. The molecule has 0 saturated carbocycles. The second-order valence-electron chi connectivity index (χ2n) is 17.8. The Morgan fingerprint density at radius 1 is 0.694 bits per heavy atom. The number of rotatable bonds is 32. The van der Waals surface area contributed by atoms with Gasteiger partial charge in [0.05, 0.1) is 25.6 Å². The van der Waals surface area contributed by atoms with Crippen LogP contribution in [0.3, 0.4) is 0 Å². The lowest BCUT2D eigenvalue weighted by molar-refractivity contribution is -0.144. The SMILES string of the molecule is CC[C@H](N)C(=O)NCC(=O)N[C@@H](CCC(N)=O)C(=O)N[C@@H](CC(=O)O)C(=O)N[C@@H](Cc1ccccc1)C(=O)N[C@@H](CC(C)C)C(=O)N[C@@H](C)C(=O)NCC(=O)N1CCC[C@H]1C(=O)N[C@@H](CCCCN)C(=O)O. The zero-order valence-electron chi connectivity index (χ0n) is 41.2. The molecule has 16 N–H and O–H groups in total. The summed E-state index contributed by atoms with van der Waals surface area (Å²) in [7, 11) is 0. The van der Waals surface area contributed by atoms with Gasteiger partial charge in [-0.1, -0.05) is 51.1 Å². The summed E-state index contributed by atoms with van der Waals surface area (Å²) in [4.78, 5) is 156. The molecule has 8 atom stereocenters. The van der Waals surface area contributed by atoms with E-state index in [1.165, 1.54) is 11.8 Å². The molecule has 1 heterocycles. The normalized spacial score (nSPS) is 16.0. The van der Waals surface area contributed by atoms with Crippen LogP contribution in [-0.2, 0) is 64.0 Å². The number of primary amides is 1. The largest absolute Gasteiger partial charge is 0.481 e. The maximum atomic E-state index is 14.1. The van der Waals surface area contributed by atoms with Crippen molar-refractivity contribution in [2.24, 2.45) is 23.1 Å². The predicted octanol–water partition coefficient (Wildman–Crippen LogP) is -3.88. The van der Waals surface area contributed by atoms with Crippen molar-refractivity contribution in [3.8, 4) is 0 Å². The zero-order chi connectivity index (χ0) is 54.1. The number of aliphatic carboxylic acids is 2. The van der Waals surface area contributed by atoms with Gasteiger partial charge in [-0.05, 0) is 76.3 Å². The number of hydrogen-bond donors (Lipinski definition) is 13. The number of unbranched alkanes of at least 4 members (excludes halogenated alkanes) is 1. The Labute approximate surface area is 417 Å². The average molecular weight is 1020 g/mol. The number of carboxylic acid groups (broad SMARTS) is 2. The molecule has 1 aliphatic heterocycles. The molecule has 26 nitrogen and oxygen atoms in total. The molecule has 0 unspecified atom stereocenters. The van der Waals surface area contributed by atoms with Crippen LogP contribution in [-0.4, -0.2) is 161 Å². The summed E-state index contributed by atoms with van der Waals surface area (Å²) in [5, 5.41) is 38.7. The van der Waals surface area contributed by atoms with Gasteiger partial charge < -0.3 is 74.8 Å². The lowest BCUT2D eigenvalue weighted by Gasteiger charge is -2.27. The Kier molecular flexibility index (Phi) is 26.4. The van der Waals surface area contributed by atoms with E-state index in [0.29, 0.717) is 31.4 Å². The summed E-state index contributed by atoms with van der Waals surface area (Å²) in [5.74, 6) is -11.5. The molecule has 1 aliphatic rings. The Balaban J connectivity index is 2.23. The van der Waals surface area contributed by atoms with Crippen molar-refractivity contribution >= 4 is 71.0 Å². The van der Waals surface area contributed by atoms with Gasteiger partial charge >= 0.3 is 11.9 Å². The van der Waals surface area contributed by atoms with Gasteiger partial charge in [-0.25, -0.2) is 4.79 Å². The fourth-order valence-corrected chi connectivity index (χ4v) is 7.40. The van der Waals surface area contributed by atoms with E-state index in [1.54, 1.807) is 51.1 Å². The van der Waals surface area contributed by atoms with E-state index in [4.69, 9.17) is 17.2 Å². The van der Waals surface area contributed by atoms with Gasteiger partial charge in [-0.2, -0.15) is 0 Å². The lowest BCUT2D eigenvalue weighted by atomic mass is 10.0. The van der Waals surface area contributed by atoms with Crippen LogP contribution in [0.5, 0.6) is 0 Å². The van der Waals surface area contributed by atoms with E-state index < -0.39 is 145 Å². The molecule has 0 aliphatic carbocycles. The third-order valence-electron chi connectivity index (χ3n) is 11.4. The van der Waals surface area contributed by atoms with E-state index in [-0.39, 0.29) is 51.0 Å². The Bertz CT molecular complexity index is 2080. The minimum atomic E-state index is -1.87. The number of nitrogens with two attached hydrogens (primary N) is 3. The highest BCUT2D eigenvalue weighted by Crippen LogP contribution is 2.18. The molecule has 0 bridgehead atoms. The van der Waals surface area contributed by atoms with Gasteiger partial charge in [0.25, 0.3) is 0 Å². The van der Waals surface area contributed by atoms with Gasteiger partial charge in [-0.15, -0.1) is 0 Å². The second kappa shape index (κ2) is 31.2. The Morgan fingerprint density at radius 3 is 1.89 bits per heavy atom. The summed E-state index contributed by atoms with van der Waals surface area (Å²) in [6.45, 7) is 5.83. The van der Waals surface area contributed by atoms with E-state index in [0.717, 1.165) is 0 Å². The maximum Gasteiger partial charge on any atom is 0.326 e. The number of likely N-dealkylation sites (tertiary alicyclic amines) is 1. The molecule has 1 fully saturated rings. The van der Waals surface area contributed by atoms with Crippen LogP contribution in [0.25, 0.3) is 0 Å². The first-order valence-electron chi connectivity index (χ1n) is 23.9. The van der Waals surface area contributed by atoms with Crippen molar-refractivity contribution in [3.63, 3.8) is 0 Å². The fraction of sp³-hybridized carbons (Fsp3) is 0.609. The highest BCUT2D eigenvalue weighted by Gasteiger charge is 2.37. The molecule has 72 heavy (non-hydrogen) atoms. The Morgan fingerprint density at radius 2 is 1.29 bits per heavy atom. The third kappa shape index (κ3) is 21.8. The maximum absolute atomic E-state index is 14.1. The van der Waals surface area contributed by atoms with Crippen molar-refractivity contribution in [3.05, 3.63) is 35.9 Å². The molecule has 1 saturated heterocycles. The number of benzene rings is 1. The van der Waals surface area contributed by atoms with Crippen molar-refractivity contribution in [2.75, 3.05) is 26.2 Å². The monoisotopic (exact) mass is 1020 g/mol. The fourth-order valence-electron chi connectivity index (χ4n) is 7.40. The highest BCUT2D eigenvalue weighted by molar-refractivity contribution is 5.98. The van der Waals surface area contributed by atoms with E-state index in [2.05, 4.69) is 42.5 Å². The average Bonchev–Trinajstić information content (AvgIpc) is 3.83. The zero-order valence-corrected chi connectivity index (χ0v) is 41.2. The number of nitrogens with zero attached hydrogens (tertiary/aromatic N) is 1. The minimum Gasteiger partial charge on any atom is -0.481 e. The van der Waals surface area contributed by atoms with Gasteiger partial charge in [0.2, 0.25) is 59.1 Å². The van der Waals surface area contributed by atoms with Crippen molar-refractivity contribution in [1.29, 1.82) is 0 Å². The van der Waals surface area contributed by atoms with Gasteiger partial charge in [0.1, 0.15) is 42.3 Å². The van der Waals surface area contributed by atoms with Crippen LogP contribution in [0.15, 0.2) is 30.3 Å². The first-order chi connectivity index (χ1) is 34.0. The van der Waals surface area contributed by atoms with Crippen LogP contribution in [0, 0.1) is 5.92 Å². The van der Waals surface area contributed by atoms with Crippen molar-refractivity contribution in [2.45, 2.75) is 147 Å². The number of carbonyl (C=O) groups excluding carboxylic acids is 10. The lowest BCUT2D eigenvalue weighted by Crippen LogP contribution is -2.60. The first kappa shape index (κ1) is 60.9. The topological polar surface area (TPSA) is 423 Å². The third-order valence-corrected chi connectivity index (χ3v) is 11.4. The van der Waals surface area contributed by atoms with Crippen LogP contribution in [0.4, 0.5) is 0 Å². The number of carbonyl (C=O) groups is 12. The first-order valence-corrected chi connectivity index (χ1v) is 23.9. The molecule has 10 amide bonds. The number of hydrogen-bond acceptors (Lipinski definition) is 14. The molecule has 0 spiro atoms. The van der Waals surface area contributed by atoms with Crippen LogP contribution in [0.2, 0.25) is 0 Å². The number of amides is 10. The standard InChI is InChI=1S/C46H72N12O14/c1-5-28(48)40(65)50-23-36(60)53-29(16-17-35(49)59)41(66)57-33(22-38(62)63)44(69)56-32(21-27-12-7-6-8-13-27)43(68)55-31(20-25(2)3)42(67)52-26(4)39(64)51-24-37(61)58-19-11-15-34(58)45(70)54-30(46(71)72)14-9-10-18-47/h6-8,12-13,25-26,28-34H,5,9-11,14-24,47-48H2,1-4H3,(H2,49,59)(H,50,65)(H,51,64)(H,52,67)(H,53,60)(H,54,70)(H,55,68)(H,56,69)(H,57,66)(H,62,63)(H,71,72)/t26-,28-,29-,30-,31-,32-,33-,34-/m0/s1. The van der Waals surface area contributed by atoms with Gasteiger partial charge in [-0.3, -0.25) is 52.7 Å². The van der Waals surface area contributed by atoms with Crippen molar-refractivity contribution < 1.29 is 67.7 Å². The highest BCUT2D eigenvalue weighted by atomic mass is 16.4. The molecular formula is C46H72N12O14. The molecule has 1 aromatic rings. The second-order valence-corrected chi connectivity index (χ2v) is 17.8. The van der Waals surface area contributed by atoms with Crippen LogP contribution in [0.1, 0.15) is 97.5 Å². The molecule has 0 aromatic heterocycles. The van der Waals surface area contributed by atoms with E-state index in [1.807, 2.05) is 0 Å². The molecule has 0 radical (unpaired) electrons. The summed E-state index contributed by atoms with van der Waals surface area (Å²) in [6.07, 6.45) is 0.167. The summed E-state index contributed by atoms with van der Waals surface area (Å²) < 4.78 is 0. The van der Waals surface area contributed by atoms with Gasteiger partial charge in [0, 0.05) is 19.4 Å². The van der Waals surface area contributed by atoms with Gasteiger partial charge in [0.15, 0.2) is 0 Å². The summed E-state index contributed by atoms with van der Waals surface area (Å²) in [6, 6.07) is -2.30. The Hall–Kier alpha value is -7.22. The molecule has 2 rings (SSSR count). The van der Waals surface area contributed by atoms with E-state index in [9.17, 15) is 67.7 Å². The number of nitrogens with one attached hydrogen (secondary N) is 8. The predicted molar refractivity (Wildman–Crippen MR) is 257 cm³/mol. The molecule has 26 heteroatoms. The summed E-state index contributed by atoms with van der Waals surface area (Å²) in [5.41, 5.74) is 16.9. The summed E-state index contributed by atoms with van der Waals surface area (Å²) >= 11 is 0. The quantitative estimate of drug-likeness (QED) is 0.0307. The molecule has 1 aromatic carbocycles. The minimum absolute atomic E-state index is 0.0236.